The number of benzene rings is 1. The van der Waals surface area contributed by atoms with Gasteiger partial charge in [-0.3, -0.25) is 10.1 Å². The molecular weight excluding hydrogens is 310 g/mol. The zero-order valence-corrected chi connectivity index (χ0v) is 12.5. The molecule has 3 rings (SSSR count). The van der Waals surface area contributed by atoms with E-state index in [1.807, 2.05) is 13.0 Å². The van der Waals surface area contributed by atoms with Gasteiger partial charge in [-0.1, -0.05) is 28.9 Å². The fourth-order valence-electron chi connectivity index (χ4n) is 1.73. The van der Waals surface area contributed by atoms with Crippen molar-refractivity contribution in [2.75, 3.05) is 5.32 Å². The van der Waals surface area contributed by atoms with Crippen LogP contribution in [0.1, 0.15) is 15.4 Å². The smallest absolute Gasteiger partial charge is 0.279 e. The fraction of sp³-hybridized carbons (Fsp3) is 0.0714. The SMILES string of the molecule is Cc1cnc(NC(=O)c2cc(-c3cccc(Cl)c3)on2)s1. The van der Waals surface area contributed by atoms with Crippen LogP contribution in [0.4, 0.5) is 5.13 Å². The summed E-state index contributed by atoms with van der Waals surface area (Å²) in [5.41, 5.74) is 0.956. The van der Waals surface area contributed by atoms with Gasteiger partial charge in [-0.15, -0.1) is 11.3 Å². The molecule has 1 N–H and O–H groups in total. The lowest BCUT2D eigenvalue weighted by molar-refractivity contribution is 0.101. The van der Waals surface area contributed by atoms with E-state index in [-0.39, 0.29) is 11.6 Å². The number of anilines is 1. The first kappa shape index (κ1) is 13.8. The van der Waals surface area contributed by atoms with Crippen LogP contribution in [0.2, 0.25) is 5.02 Å². The number of nitrogens with one attached hydrogen (secondary N) is 1. The highest BCUT2D eigenvalue weighted by Crippen LogP contribution is 2.24. The van der Waals surface area contributed by atoms with Crippen LogP contribution in [0.15, 0.2) is 41.1 Å². The summed E-state index contributed by atoms with van der Waals surface area (Å²) in [7, 11) is 0. The van der Waals surface area contributed by atoms with Gasteiger partial charge in [0.2, 0.25) is 0 Å². The van der Waals surface area contributed by atoms with E-state index in [4.69, 9.17) is 16.1 Å². The second-order valence-electron chi connectivity index (χ2n) is 4.32. The average Bonchev–Trinajstić information content (AvgIpc) is 3.08. The van der Waals surface area contributed by atoms with Crippen molar-refractivity contribution in [2.45, 2.75) is 6.92 Å². The van der Waals surface area contributed by atoms with Crippen molar-refractivity contribution in [1.82, 2.24) is 10.1 Å². The fourth-order valence-corrected chi connectivity index (χ4v) is 2.58. The predicted molar refractivity (Wildman–Crippen MR) is 81.8 cm³/mol. The molecule has 0 saturated heterocycles. The van der Waals surface area contributed by atoms with Crippen molar-refractivity contribution in [2.24, 2.45) is 0 Å². The Morgan fingerprint density at radius 3 is 2.95 bits per heavy atom. The lowest BCUT2D eigenvalue weighted by Crippen LogP contribution is -2.11. The molecule has 7 heteroatoms. The molecule has 21 heavy (non-hydrogen) atoms. The van der Waals surface area contributed by atoms with E-state index in [9.17, 15) is 4.79 Å². The molecule has 0 aliphatic carbocycles. The Hall–Kier alpha value is -2.18. The Balaban J connectivity index is 1.80. The Labute approximate surface area is 129 Å². The summed E-state index contributed by atoms with van der Waals surface area (Å²) in [5, 5.41) is 7.57. The van der Waals surface area contributed by atoms with Crippen molar-refractivity contribution in [3.05, 3.63) is 52.1 Å². The van der Waals surface area contributed by atoms with Crippen LogP contribution in [0.25, 0.3) is 11.3 Å². The van der Waals surface area contributed by atoms with E-state index < -0.39 is 0 Å². The van der Waals surface area contributed by atoms with Crippen LogP contribution in [0.3, 0.4) is 0 Å². The number of hydrogen-bond acceptors (Lipinski definition) is 5. The lowest BCUT2D eigenvalue weighted by atomic mass is 10.1. The van der Waals surface area contributed by atoms with E-state index in [2.05, 4.69) is 15.5 Å². The van der Waals surface area contributed by atoms with Gasteiger partial charge in [-0.25, -0.2) is 4.98 Å². The Morgan fingerprint density at radius 1 is 1.38 bits per heavy atom. The topological polar surface area (TPSA) is 68.0 Å². The van der Waals surface area contributed by atoms with Crippen molar-refractivity contribution in [3.63, 3.8) is 0 Å². The van der Waals surface area contributed by atoms with E-state index in [0.29, 0.717) is 15.9 Å². The molecule has 3 aromatic rings. The van der Waals surface area contributed by atoms with Gasteiger partial charge in [0, 0.05) is 27.7 Å². The zero-order chi connectivity index (χ0) is 14.8. The van der Waals surface area contributed by atoms with Crippen molar-refractivity contribution in [3.8, 4) is 11.3 Å². The van der Waals surface area contributed by atoms with Crippen LogP contribution < -0.4 is 5.32 Å². The van der Waals surface area contributed by atoms with Crippen molar-refractivity contribution >= 4 is 34.0 Å². The van der Waals surface area contributed by atoms with Crippen LogP contribution in [-0.2, 0) is 0 Å². The summed E-state index contributed by atoms with van der Waals surface area (Å²) in [6, 6.07) is 8.71. The third kappa shape index (κ3) is 3.12. The number of aromatic nitrogens is 2. The minimum Gasteiger partial charge on any atom is -0.355 e. The molecule has 106 valence electrons. The maximum atomic E-state index is 12.0. The van der Waals surface area contributed by atoms with E-state index in [0.717, 1.165) is 10.4 Å². The monoisotopic (exact) mass is 319 g/mol. The number of amides is 1. The van der Waals surface area contributed by atoms with Crippen molar-refractivity contribution < 1.29 is 9.32 Å². The Morgan fingerprint density at radius 2 is 2.24 bits per heavy atom. The van der Waals surface area contributed by atoms with E-state index in [1.165, 1.54) is 11.3 Å². The molecule has 0 saturated carbocycles. The number of hydrogen-bond donors (Lipinski definition) is 1. The van der Waals surface area contributed by atoms with Gasteiger partial charge in [-0.05, 0) is 19.1 Å². The molecule has 0 aliphatic heterocycles. The summed E-state index contributed by atoms with van der Waals surface area (Å²) >= 11 is 7.32. The molecule has 0 aliphatic rings. The van der Waals surface area contributed by atoms with Crippen LogP contribution >= 0.6 is 22.9 Å². The second-order valence-corrected chi connectivity index (χ2v) is 5.99. The van der Waals surface area contributed by atoms with E-state index in [1.54, 1.807) is 30.5 Å². The molecule has 0 unspecified atom stereocenters. The highest BCUT2D eigenvalue weighted by Gasteiger charge is 2.15. The summed E-state index contributed by atoms with van der Waals surface area (Å²) in [5.74, 6) is 0.124. The first-order valence-corrected chi connectivity index (χ1v) is 7.28. The lowest BCUT2D eigenvalue weighted by Gasteiger charge is -1.96. The molecular formula is C14H10ClN3O2S. The van der Waals surface area contributed by atoms with Crippen molar-refractivity contribution in [1.29, 1.82) is 0 Å². The molecule has 0 bridgehead atoms. The molecule has 1 amide bonds. The first-order valence-electron chi connectivity index (χ1n) is 6.08. The molecule has 0 fully saturated rings. The number of nitrogens with zero attached hydrogens (tertiary/aromatic N) is 2. The van der Waals surface area contributed by atoms with Gasteiger partial charge < -0.3 is 4.52 Å². The Kier molecular flexibility index (Phi) is 3.72. The zero-order valence-electron chi connectivity index (χ0n) is 11.0. The number of aryl methyl sites for hydroxylation is 1. The average molecular weight is 320 g/mol. The largest absolute Gasteiger partial charge is 0.355 e. The van der Waals surface area contributed by atoms with Gasteiger partial charge in [-0.2, -0.15) is 0 Å². The number of carbonyl (C=O) groups excluding carboxylic acids is 1. The molecule has 2 aromatic heterocycles. The summed E-state index contributed by atoms with van der Waals surface area (Å²) in [6.07, 6.45) is 1.69. The highest BCUT2D eigenvalue weighted by atomic mass is 35.5. The summed E-state index contributed by atoms with van der Waals surface area (Å²) in [6.45, 7) is 1.92. The van der Waals surface area contributed by atoms with Gasteiger partial charge in [0.15, 0.2) is 16.6 Å². The quantitative estimate of drug-likeness (QED) is 0.792. The first-order chi connectivity index (χ1) is 10.1. The highest BCUT2D eigenvalue weighted by molar-refractivity contribution is 7.15. The van der Waals surface area contributed by atoms with Crippen LogP contribution in [0, 0.1) is 6.92 Å². The molecule has 1 aromatic carbocycles. The Bertz CT molecular complexity index is 797. The standard InChI is InChI=1S/C14H10ClN3O2S/c1-8-7-16-14(21-8)17-13(19)11-6-12(20-18-11)9-3-2-4-10(15)5-9/h2-7H,1H3,(H,16,17,19). The minimum absolute atomic E-state index is 0.192. The van der Waals surface area contributed by atoms with Gasteiger partial charge >= 0.3 is 0 Å². The molecule has 0 radical (unpaired) electrons. The molecule has 0 spiro atoms. The maximum Gasteiger partial charge on any atom is 0.279 e. The normalized spacial score (nSPS) is 10.6. The summed E-state index contributed by atoms with van der Waals surface area (Å²) < 4.78 is 5.18. The third-order valence-electron chi connectivity index (χ3n) is 2.69. The van der Waals surface area contributed by atoms with Crippen LogP contribution in [-0.4, -0.2) is 16.0 Å². The van der Waals surface area contributed by atoms with Crippen LogP contribution in [0.5, 0.6) is 0 Å². The number of carbonyl (C=O) groups is 1. The minimum atomic E-state index is -0.360. The molecule has 5 nitrogen and oxygen atoms in total. The van der Waals surface area contributed by atoms with Gasteiger partial charge in [0.05, 0.1) is 0 Å². The summed E-state index contributed by atoms with van der Waals surface area (Å²) in [4.78, 5) is 17.1. The number of halogens is 1. The predicted octanol–water partition coefficient (Wildman–Crippen LogP) is 4.01. The van der Waals surface area contributed by atoms with E-state index >= 15 is 0 Å². The maximum absolute atomic E-state index is 12.0. The second kappa shape index (κ2) is 5.67. The molecule has 0 atom stereocenters. The number of thiazole rings is 1. The van der Waals surface area contributed by atoms with Gasteiger partial charge in [0.25, 0.3) is 5.91 Å². The van der Waals surface area contributed by atoms with Gasteiger partial charge in [0.1, 0.15) is 0 Å². The third-order valence-corrected chi connectivity index (χ3v) is 3.76. The number of rotatable bonds is 3. The molecule has 2 heterocycles.